The zero-order valence-electron chi connectivity index (χ0n) is 13.2. The van der Waals surface area contributed by atoms with E-state index in [0.29, 0.717) is 11.6 Å². The molecule has 0 amide bonds. The average Bonchev–Trinajstić information content (AvgIpc) is 2.53. The van der Waals surface area contributed by atoms with E-state index < -0.39 is 0 Å². The summed E-state index contributed by atoms with van der Waals surface area (Å²) in [4.78, 5) is 7.13. The monoisotopic (exact) mass is 275 g/mol. The third-order valence-corrected chi connectivity index (χ3v) is 4.94. The molecule has 1 atom stereocenters. The Morgan fingerprint density at radius 3 is 2.70 bits per heavy atom. The Balaban J connectivity index is 1.98. The highest BCUT2D eigenvalue weighted by Gasteiger charge is 2.35. The Morgan fingerprint density at radius 2 is 2.10 bits per heavy atom. The first-order valence-electron chi connectivity index (χ1n) is 8.12. The van der Waals surface area contributed by atoms with E-state index in [1.165, 1.54) is 31.5 Å². The van der Waals surface area contributed by atoms with Gasteiger partial charge in [0.05, 0.1) is 0 Å². The summed E-state index contributed by atoms with van der Waals surface area (Å²) in [5, 5.41) is 3.80. The van der Waals surface area contributed by atoms with Crippen molar-refractivity contribution in [1.29, 1.82) is 0 Å². The molecule has 2 heterocycles. The molecule has 1 unspecified atom stereocenters. The molecule has 1 aromatic heterocycles. The SMILES string of the molecule is CCC1CNC(CC)(CC)CN1CCc1ccccn1. The van der Waals surface area contributed by atoms with Crippen molar-refractivity contribution in [2.24, 2.45) is 0 Å². The van der Waals surface area contributed by atoms with Gasteiger partial charge in [-0.15, -0.1) is 0 Å². The molecule has 3 nitrogen and oxygen atoms in total. The number of aromatic nitrogens is 1. The number of hydrogen-bond donors (Lipinski definition) is 1. The predicted molar refractivity (Wildman–Crippen MR) is 84.9 cm³/mol. The van der Waals surface area contributed by atoms with E-state index in [2.05, 4.69) is 48.1 Å². The third kappa shape index (κ3) is 3.58. The third-order valence-electron chi connectivity index (χ3n) is 4.94. The van der Waals surface area contributed by atoms with E-state index in [1.807, 2.05) is 12.3 Å². The van der Waals surface area contributed by atoms with Crippen molar-refractivity contribution in [1.82, 2.24) is 15.2 Å². The van der Waals surface area contributed by atoms with E-state index in [0.717, 1.165) is 19.5 Å². The second kappa shape index (κ2) is 7.19. The summed E-state index contributed by atoms with van der Waals surface area (Å²) in [7, 11) is 0. The second-order valence-electron chi connectivity index (χ2n) is 5.97. The molecule has 0 aromatic carbocycles. The zero-order chi connectivity index (χ0) is 14.4. The highest BCUT2D eigenvalue weighted by atomic mass is 15.2. The summed E-state index contributed by atoms with van der Waals surface area (Å²) in [6.45, 7) is 10.3. The van der Waals surface area contributed by atoms with Crippen LogP contribution in [0, 0.1) is 0 Å². The number of hydrogen-bond acceptors (Lipinski definition) is 3. The second-order valence-corrected chi connectivity index (χ2v) is 5.97. The first-order valence-corrected chi connectivity index (χ1v) is 8.12. The lowest BCUT2D eigenvalue weighted by atomic mass is 9.88. The minimum absolute atomic E-state index is 0.315. The minimum atomic E-state index is 0.315. The Labute approximate surface area is 123 Å². The van der Waals surface area contributed by atoms with Gasteiger partial charge in [0.15, 0.2) is 0 Å². The number of rotatable bonds is 6. The molecule has 2 rings (SSSR count). The first-order chi connectivity index (χ1) is 9.73. The fourth-order valence-corrected chi connectivity index (χ4v) is 3.23. The van der Waals surface area contributed by atoms with Crippen LogP contribution >= 0.6 is 0 Å². The molecule has 1 fully saturated rings. The molecule has 3 heteroatoms. The van der Waals surface area contributed by atoms with Crippen LogP contribution in [-0.4, -0.2) is 41.1 Å². The van der Waals surface area contributed by atoms with Crippen LogP contribution in [0.1, 0.15) is 45.7 Å². The number of nitrogens with one attached hydrogen (secondary N) is 1. The van der Waals surface area contributed by atoms with Gasteiger partial charge in [0, 0.05) is 49.5 Å². The molecule has 1 aromatic rings. The van der Waals surface area contributed by atoms with Crippen LogP contribution in [0.15, 0.2) is 24.4 Å². The fourth-order valence-electron chi connectivity index (χ4n) is 3.23. The van der Waals surface area contributed by atoms with E-state index in [4.69, 9.17) is 0 Å². The normalized spacial score (nSPS) is 22.9. The quantitative estimate of drug-likeness (QED) is 0.865. The molecule has 0 spiro atoms. The van der Waals surface area contributed by atoms with Crippen molar-refractivity contribution < 1.29 is 0 Å². The van der Waals surface area contributed by atoms with Crippen LogP contribution in [-0.2, 0) is 6.42 Å². The van der Waals surface area contributed by atoms with Gasteiger partial charge in [0.2, 0.25) is 0 Å². The summed E-state index contributed by atoms with van der Waals surface area (Å²) in [5.41, 5.74) is 1.52. The average molecular weight is 275 g/mol. The van der Waals surface area contributed by atoms with Gasteiger partial charge in [0.1, 0.15) is 0 Å². The molecule has 1 aliphatic heterocycles. The lowest BCUT2D eigenvalue weighted by Gasteiger charge is -2.47. The van der Waals surface area contributed by atoms with Crippen molar-refractivity contribution in [3.05, 3.63) is 30.1 Å². The van der Waals surface area contributed by atoms with Gasteiger partial charge < -0.3 is 5.32 Å². The Bertz CT molecular complexity index is 386. The molecular weight excluding hydrogens is 246 g/mol. The molecule has 1 saturated heterocycles. The Morgan fingerprint density at radius 1 is 1.30 bits per heavy atom. The molecule has 0 aliphatic carbocycles. The van der Waals surface area contributed by atoms with Crippen molar-refractivity contribution >= 4 is 0 Å². The summed E-state index contributed by atoms with van der Waals surface area (Å²) in [5.74, 6) is 0. The van der Waals surface area contributed by atoms with E-state index >= 15 is 0 Å². The van der Waals surface area contributed by atoms with Crippen LogP contribution in [0.2, 0.25) is 0 Å². The lowest BCUT2D eigenvalue weighted by molar-refractivity contribution is 0.0714. The fraction of sp³-hybridized carbons (Fsp3) is 0.706. The van der Waals surface area contributed by atoms with E-state index in [1.54, 1.807) is 0 Å². The van der Waals surface area contributed by atoms with Crippen molar-refractivity contribution in [3.63, 3.8) is 0 Å². The molecule has 20 heavy (non-hydrogen) atoms. The zero-order valence-corrected chi connectivity index (χ0v) is 13.2. The maximum absolute atomic E-state index is 4.45. The van der Waals surface area contributed by atoms with Gasteiger partial charge in [-0.05, 0) is 31.4 Å². The van der Waals surface area contributed by atoms with Gasteiger partial charge in [-0.1, -0.05) is 26.8 Å². The molecule has 0 saturated carbocycles. The number of pyridine rings is 1. The summed E-state index contributed by atoms with van der Waals surface area (Å²) in [6.07, 6.45) is 6.59. The Kier molecular flexibility index (Phi) is 5.55. The molecule has 0 bridgehead atoms. The number of piperazine rings is 1. The first kappa shape index (κ1) is 15.5. The van der Waals surface area contributed by atoms with Crippen LogP contribution in [0.3, 0.4) is 0 Å². The van der Waals surface area contributed by atoms with Gasteiger partial charge >= 0.3 is 0 Å². The van der Waals surface area contributed by atoms with Crippen molar-refractivity contribution in [2.45, 2.75) is 58.0 Å². The predicted octanol–water partition coefficient (Wildman–Crippen LogP) is 2.87. The molecule has 112 valence electrons. The largest absolute Gasteiger partial charge is 0.308 e. The van der Waals surface area contributed by atoms with Crippen LogP contribution in [0.25, 0.3) is 0 Å². The van der Waals surface area contributed by atoms with Crippen molar-refractivity contribution in [2.75, 3.05) is 19.6 Å². The summed E-state index contributed by atoms with van der Waals surface area (Å²) < 4.78 is 0. The molecule has 0 radical (unpaired) electrons. The maximum Gasteiger partial charge on any atom is 0.0416 e. The maximum atomic E-state index is 4.45. The molecular formula is C17H29N3. The topological polar surface area (TPSA) is 28.2 Å². The lowest BCUT2D eigenvalue weighted by Crippen LogP contribution is -2.63. The van der Waals surface area contributed by atoms with E-state index in [9.17, 15) is 0 Å². The van der Waals surface area contributed by atoms with Gasteiger partial charge in [-0.2, -0.15) is 0 Å². The van der Waals surface area contributed by atoms with Crippen LogP contribution in [0.5, 0.6) is 0 Å². The van der Waals surface area contributed by atoms with Gasteiger partial charge in [-0.3, -0.25) is 9.88 Å². The summed E-state index contributed by atoms with van der Waals surface area (Å²) >= 11 is 0. The smallest absolute Gasteiger partial charge is 0.0416 e. The van der Waals surface area contributed by atoms with Crippen molar-refractivity contribution in [3.8, 4) is 0 Å². The van der Waals surface area contributed by atoms with E-state index in [-0.39, 0.29) is 0 Å². The highest BCUT2D eigenvalue weighted by Crippen LogP contribution is 2.23. The molecule has 1 aliphatic rings. The van der Waals surface area contributed by atoms with Crippen LogP contribution in [0.4, 0.5) is 0 Å². The Hall–Kier alpha value is -0.930. The summed E-state index contributed by atoms with van der Waals surface area (Å²) in [6, 6.07) is 6.88. The molecule has 1 N–H and O–H groups in total. The minimum Gasteiger partial charge on any atom is -0.308 e. The van der Waals surface area contributed by atoms with Crippen LogP contribution < -0.4 is 5.32 Å². The van der Waals surface area contributed by atoms with Gasteiger partial charge in [-0.25, -0.2) is 0 Å². The standard InChI is InChI=1S/C17H29N3/c1-4-16-13-19-17(5-2,6-3)14-20(16)12-10-15-9-7-8-11-18-15/h7-9,11,16,19H,4-6,10,12-14H2,1-3H3. The number of nitrogens with zero attached hydrogens (tertiary/aromatic N) is 2. The van der Waals surface area contributed by atoms with Gasteiger partial charge in [0.25, 0.3) is 0 Å². The highest BCUT2D eigenvalue weighted by molar-refractivity contribution is 5.05.